The first-order valence-electron chi connectivity index (χ1n) is 9.01. The largest absolute Gasteiger partial charge is 0.465 e. The number of carbonyl (C=O) groups excluding carboxylic acids is 3. The van der Waals surface area contributed by atoms with Crippen molar-refractivity contribution in [3.8, 4) is 0 Å². The molecule has 2 heterocycles. The molecule has 2 aliphatic rings. The first-order valence-corrected chi connectivity index (χ1v) is 9.80. The quantitative estimate of drug-likeness (QED) is 0.670. The van der Waals surface area contributed by atoms with Gasteiger partial charge in [-0.1, -0.05) is 46.3 Å². The molecule has 0 unspecified atom stereocenters. The summed E-state index contributed by atoms with van der Waals surface area (Å²) in [4.78, 5) is 39.3. The number of esters is 1. The van der Waals surface area contributed by atoms with Gasteiger partial charge in [0.2, 0.25) is 11.8 Å². The molecule has 1 atom stereocenters. The highest BCUT2D eigenvalue weighted by Crippen LogP contribution is 2.54. The fourth-order valence-electron chi connectivity index (χ4n) is 4.04. The second-order valence-corrected chi connectivity index (χ2v) is 7.77. The second-order valence-electron chi connectivity index (χ2n) is 6.85. The Balaban J connectivity index is 2.17. The molecule has 2 aromatic carbocycles. The van der Waals surface area contributed by atoms with E-state index in [-0.39, 0.29) is 22.8 Å². The Hall–Kier alpha value is -3.39. The van der Waals surface area contributed by atoms with E-state index in [0.717, 1.165) is 0 Å². The Labute approximate surface area is 180 Å². The van der Waals surface area contributed by atoms with Crippen LogP contribution in [0, 0.1) is 0 Å². The van der Waals surface area contributed by atoms with Crippen LogP contribution in [0.15, 0.2) is 70.0 Å². The smallest absolute Gasteiger partial charge is 0.340 e. The molecule has 0 bridgehead atoms. The van der Waals surface area contributed by atoms with Crippen LogP contribution in [-0.4, -0.2) is 24.8 Å². The zero-order valence-electron chi connectivity index (χ0n) is 16.1. The van der Waals surface area contributed by atoms with Crippen LogP contribution in [0.3, 0.4) is 0 Å². The van der Waals surface area contributed by atoms with E-state index in [9.17, 15) is 14.4 Å². The minimum atomic E-state index is -1.81. The lowest BCUT2D eigenvalue weighted by atomic mass is 9.66. The molecular formula is C22H17BrN2O5. The number of ketones is 1. The minimum Gasteiger partial charge on any atom is -0.465 e. The van der Waals surface area contributed by atoms with Gasteiger partial charge in [-0.15, -0.1) is 0 Å². The van der Waals surface area contributed by atoms with Crippen LogP contribution < -0.4 is 11.1 Å². The van der Waals surface area contributed by atoms with Crippen molar-refractivity contribution in [2.24, 2.45) is 5.73 Å². The van der Waals surface area contributed by atoms with Crippen LogP contribution in [0.25, 0.3) is 5.76 Å². The summed E-state index contributed by atoms with van der Waals surface area (Å²) in [7, 11) is 1.18. The molecule has 30 heavy (non-hydrogen) atoms. The SMILES string of the molecule is COC(=O)C1=C(N)OC(c2ccccc2)=C(C(C)=O)[C@]12C(=O)Nc1ccc(Br)cc12. The van der Waals surface area contributed by atoms with Crippen molar-refractivity contribution < 1.29 is 23.9 Å². The number of benzene rings is 2. The van der Waals surface area contributed by atoms with Crippen molar-refractivity contribution in [1.82, 2.24) is 0 Å². The van der Waals surface area contributed by atoms with Gasteiger partial charge >= 0.3 is 5.97 Å². The summed E-state index contributed by atoms with van der Waals surface area (Å²) < 4.78 is 11.4. The number of hydrogen-bond donors (Lipinski definition) is 2. The molecule has 0 radical (unpaired) electrons. The summed E-state index contributed by atoms with van der Waals surface area (Å²) in [5, 5.41) is 2.77. The van der Waals surface area contributed by atoms with Crippen LogP contribution in [0.2, 0.25) is 0 Å². The standard InChI is InChI=1S/C22H17BrN2O5/c1-11(26)16-18(12-6-4-3-5-7-12)30-19(24)17(20(27)29-2)22(16)14-10-13(23)8-9-15(14)25-21(22)28/h3-10H,24H2,1-2H3,(H,25,28)/t22-/m0/s1. The lowest BCUT2D eigenvalue weighted by molar-refractivity contribution is -0.138. The number of nitrogens with two attached hydrogens (primary N) is 1. The van der Waals surface area contributed by atoms with E-state index in [1.54, 1.807) is 42.5 Å². The van der Waals surface area contributed by atoms with E-state index in [1.165, 1.54) is 14.0 Å². The maximum atomic E-state index is 13.5. The molecule has 2 aliphatic heterocycles. The van der Waals surface area contributed by atoms with Gasteiger partial charge in [-0.2, -0.15) is 0 Å². The van der Waals surface area contributed by atoms with E-state index < -0.39 is 23.1 Å². The Morgan fingerprint density at radius 3 is 2.47 bits per heavy atom. The van der Waals surface area contributed by atoms with Crippen LogP contribution in [0.4, 0.5) is 5.69 Å². The molecule has 0 fully saturated rings. The van der Waals surface area contributed by atoms with Crippen LogP contribution in [0.5, 0.6) is 0 Å². The highest BCUT2D eigenvalue weighted by Gasteiger charge is 2.61. The molecule has 0 aromatic heterocycles. The summed E-state index contributed by atoms with van der Waals surface area (Å²) >= 11 is 3.41. The average molecular weight is 469 g/mol. The van der Waals surface area contributed by atoms with E-state index in [4.69, 9.17) is 15.2 Å². The third-order valence-corrected chi connectivity index (χ3v) is 5.68. The van der Waals surface area contributed by atoms with Gasteiger partial charge in [0.25, 0.3) is 0 Å². The van der Waals surface area contributed by atoms with Gasteiger partial charge in [0, 0.05) is 21.3 Å². The van der Waals surface area contributed by atoms with Gasteiger partial charge in [0.1, 0.15) is 16.7 Å². The molecule has 4 rings (SSSR count). The maximum absolute atomic E-state index is 13.5. The van der Waals surface area contributed by atoms with Gasteiger partial charge in [-0.05, 0) is 25.1 Å². The molecule has 2 aromatic rings. The van der Waals surface area contributed by atoms with Gasteiger partial charge in [-0.3, -0.25) is 9.59 Å². The molecule has 0 saturated heterocycles. The third-order valence-electron chi connectivity index (χ3n) is 5.19. The van der Waals surface area contributed by atoms with Gasteiger partial charge in [0.05, 0.1) is 12.7 Å². The highest BCUT2D eigenvalue weighted by molar-refractivity contribution is 9.10. The zero-order valence-corrected chi connectivity index (χ0v) is 17.7. The summed E-state index contributed by atoms with van der Waals surface area (Å²) in [6, 6.07) is 13.9. The number of halogens is 1. The predicted molar refractivity (Wildman–Crippen MR) is 113 cm³/mol. The Morgan fingerprint density at radius 2 is 1.83 bits per heavy atom. The van der Waals surface area contributed by atoms with E-state index >= 15 is 0 Å². The number of hydrogen-bond acceptors (Lipinski definition) is 6. The Bertz CT molecular complexity index is 1170. The second kappa shape index (κ2) is 7.14. The van der Waals surface area contributed by atoms with Crippen LogP contribution in [-0.2, 0) is 29.3 Å². The molecule has 3 N–H and O–H groups in total. The van der Waals surface area contributed by atoms with Crippen LogP contribution in [0.1, 0.15) is 18.1 Å². The molecule has 8 heteroatoms. The first kappa shape index (κ1) is 19.9. The van der Waals surface area contributed by atoms with Crippen molar-refractivity contribution in [1.29, 1.82) is 0 Å². The van der Waals surface area contributed by atoms with E-state index in [0.29, 0.717) is 21.3 Å². The number of amides is 1. The number of methoxy groups -OCH3 is 1. The predicted octanol–water partition coefficient (Wildman–Crippen LogP) is 3.01. The normalized spacial score (nSPS) is 20.0. The van der Waals surface area contributed by atoms with Crippen molar-refractivity contribution >= 4 is 45.0 Å². The number of Topliss-reactive ketones (excluding diaryl/α,β-unsaturated/α-hetero) is 1. The van der Waals surface area contributed by atoms with Crippen molar-refractivity contribution in [2.45, 2.75) is 12.3 Å². The first-order chi connectivity index (χ1) is 14.3. The van der Waals surface area contributed by atoms with E-state index in [1.807, 2.05) is 6.07 Å². The van der Waals surface area contributed by atoms with Crippen molar-refractivity contribution in [3.05, 3.63) is 81.2 Å². The lowest BCUT2D eigenvalue weighted by Crippen LogP contribution is -2.47. The number of rotatable bonds is 3. The highest BCUT2D eigenvalue weighted by atomic mass is 79.9. The number of fused-ring (bicyclic) bond motifs is 2. The molecule has 0 saturated carbocycles. The van der Waals surface area contributed by atoms with Gasteiger partial charge in [-0.25, -0.2) is 4.79 Å². The zero-order chi connectivity index (χ0) is 21.6. The van der Waals surface area contributed by atoms with Gasteiger partial charge < -0.3 is 20.5 Å². The molecule has 152 valence electrons. The topological polar surface area (TPSA) is 108 Å². The average Bonchev–Trinajstić information content (AvgIpc) is 2.99. The summed E-state index contributed by atoms with van der Waals surface area (Å²) in [5.74, 6) is -2.06. The van der Waals surface area contributed by atoms with Crippen molar-refractivity contribution in [2.75, 3.05) is 12.4 Å². The number of carbonyl (C=O) groups is 3. The maximum Gasteiger partial charge on any atom is 0.340 e. The van der Waals surface area contributed by atoms with E-state index in [2.05, 4.69) is 21.2 Å². The number of ether oxygens (including phenoxy) is 2. The number of nitrogens with one attached hydrogen (secondary N) is 1. The molecule has 1 amide bonds. The summed E-state index contributed by atoms with van der Waals surface area (Å²) in [6.45, 7) is 1.32. The minimum absolute atomic E-state index is 0.0117. The van der Waals surface area contributed by atoms with Gasteiger partial charge in [0.15, 0.2) is 5.78 Å². The summed E-state index contributed by atoms with van der Waals surface area (Å²) in [6.07, 6.45) is 0. The molecule has 0 aliphatic carbocycles. The third kappa shape index (κ3) is 2.68. The molecular weight excluding hydrogens is 452 g/mol. The fraction of sp³-hybridized carbons (Fsp3) is 0.136. The number of anilines is 1. The summed E-state index contributed by atoms with van der Waals surface area (Å²) in [5.41, 5.74) is 5.56. The molecule has 7 nitrogen and oxygen atoms in total. The Kier molecular flexibility index (Phi) is 4.74. The lowest BCUT2D eigenvalue weighted by Gasteiger charge is -2.36. The fourth-order valence-corrected chi connectivity index (χ4v) is 4.40. The molecule has 1 spiro atoms. The van der Waals surface area contributed by atoms with Crippen LogP contribution >= 0.6 is 15.9 Å². The van der Waals surface area contributed by atoms with Crippen molar-refractivity contribution in [3.63, 3.8) is 0 Å². The Morgan fingerprint density at radius 1 is 1.13 bits per heavy atom. The monoisotopic (exact) mass is 468 g/mol.